The molecule has 0 aliphatic rings. The molecule has 2 heterocycles. The SMILES string of the molecule is CCc1ccc(F)c(C(c2cc3cc(N)ccc3c(N)n2)c2nc(-c3ccc(Cl)cc3)nn2C)c1.O=C(O)C(F)(F)F. The number of hydrogen-bond donors (Lipinski definition) is 3. The molecule has 0 aliphatic heterocycles. The number of halogens is 5. The number of benzene rings is 3. The van der Waals surface area contributed by atoms with Crippen LogP contribution in [0.5, 0.6) is 0 Å². The number of carbonyl (C=O) groups is 1. The van der Waals surface area contributed by atoms with Crippen molar-refractivity contribution in [2.75, 3.05) is 11.5 Å². The standard InChI is InChI=1S/C27H24ClFN6.C2HF3O2/c1-3-15-4-11-22(29)21(12-15)24(23-14-17-13-19(30)9-10-20(17)25(31)32-23)27-33-26(34-35(27)2)16-5-7-18(28)8-6-16;3-2(4,5)1(6)7/h4-14,24H,3,30H2,1-2H3,(H2,31,32);(H,6,7). The molecular formula is C29H25ClF4N6O2. The highest BCUT2D eigenvalue weighted by Gasteiger charge is 2.38. The van der Waals surface area contributed by atoms with Crippen molar-refractivity contribution in [1.82, 2.24) is 19.7 Å². The molecule has 0 amide bonds. The number of nitrogens with two attached hydrogens (primary N) is 2. The van der Waals surface area contributed by atoms with Crippen molar-refractivity contribution in [3.63, 3.8) is 0 Å². The predicted molar refractivity (Wildman–Crippen MR) is 152 cm³/mol. The van der Waals surface area contributed by atoms with Gasteiger partial charge in [-0.25, -0.2) is 19.2 Å². The summed E-state index contributed by atoms with van der Waals surface area (Å²) in [4.78, 5) is 18.4. The second-order valence-electron chi connectivity index (χ2n) is 9.28. The number of aromatic nitrogens is 4. The van der Waals surface area contributed by atoms with Crippen molar-refractivity contribution < 1.29 is 27.5 Å². The molecule has 13 heteroatoms. The van der Waals surface area contributed by atoms with Crippen LogP contribution in [-0.2, 0) is 18.3 Å². The highest BCUT2D eigenvalue weighted by Crippen LogP contribution is 2.36. The Balaban J connectivity index is 0.000000517. The molecule has 1 atom stereocenters. The smallest absolute Gasteiger partial charge is 0.475 e. The van der Waals surface area contributed by atoms with Crippen LogP contribution in [0.15, 0.2) is 66.7 Å². The van der Waals surface area contributed by atoms with Gasteiger partial charge in [-0.05, 0) is 72.0 Å². The number of hydrogen-bond acceptors (Lipinski definition) is 6. The molecule has 1 unspecified atom stereocenters. The zero-order valence-corrected chi connectivity index (χ0v) is 23.1. The molecule has 0 saturated heterocycles. The lowest BCUT2D eigenvalue weighted by Crippen LogP contribution is -2.21. The Bertz CT molecular complexity index is 1760. The van der Waals surface area contributed by atoms with Gasteiger partial charge in [0.05, 0.1) is 11.6 Å². The Kier molecular flexibility index (Phi) is 8.67. The van der Waals surface area contributed by atoms with Crippen molar-refractivity contribution in [3.8, 4) is 11.4 Å². The van der Waals surface area contributed by atoms with E-state index in [2.05, 4.69) is 10.1 Å². The molecule has 0 bridgehead atoms. The summed E-state index contributed by atoms with van der Waals surface area (Å²) in [6, 6.07) is 19.7. The third kappa shape index (κ3) is 6.60. The molecule has 5 rings (SSSR count). The van der Waals surface area contributed by atoms with Crippen molar-refractivity contribution in [1.29, 1.82) is 0 Å². The van der Waals surface area contributed by atoms with Crippen LogP contribution in [0.2, 0.25) is 5.02 Å². The maximum Gasteiger partial charge on any atom is 0.490 e. The van der Waals surface area contributed by atoms with Gasteiger partial charge in [-0.2, -0.15) is 18.3 Å². The fourth-order valence-electron chi connectivity index (χ4n) is 4.31. The van der Waals surface area contributed by atoms with E-state index in [9.17, 15) is 13.2 Å². The van der Waals surface area contributed by atoms with E-state index in [1.165, 1.54) is 6.07 Å². The van der Waals surface area contributed by atoms with E-state index in [-0.39, 0.29) is 5.82 Å². The molecule has 5 N–H and O–H groups in total. The second-order valence-corrected chi connectivity index (χ2v) is 9.72. The number of nitrogens with zero attached hydrogens (tertiary/aromatic N) is 4. The van der Waals surface area contributed by atoms with Gasteiger partial charge in [0.15, 0.2) is 5.82 Å². The number of carboxylic acids is 1. The first kappa shape index (κ1) is 30.3. The zero-order chi connectivity index (χ0) is 30.8. The first-order valence-corrected chi connectivity index (χ1v) is 12.9. The number of pyridine rings is 1. The van der Waals surface area contributed by atoms with Crippen LogP contribution in [-0.4, -0.2) is 37.0 Å². The monoisotopic (exact) mass is 600 g/mol. The van der Waals surface area contributed by atoms with Crippen molar-refractivity contribution in [2.24, 2.45) is 7.05 Å². The van der Waals surface area contributed by atoms with Gasteiger partial charge in [0, 0.05) is 34.3 Å². The summed E-state index contributed by atoms with van der Waals surface area (Å²) < 4.78 is 48.8. The van der Waals surface area contributed by atoms with Crippen LogP contribution < -0.4 is 11.5 Å². The van der Waals surface area contributed by atoms with Crippen molar-refractivity contribution >= 4 is 39.8 Å². The Hall–Kier alpha value is -4.71. The highest BCUT2D eigenvalue weighted by molar-refractivity contribution is 6.30. The summed E-state index contributed by atoms with van der Waals surface area (Å²) in [6.45, 7) is 2.03. The number of nitrogen functional groups attached to an aromatic ring is 2. The predicted octanol–water partition coefficient (Wildman–Crippen LogP) is 6.36. The van der Waals surface area contributed by atoms with Gasteiger partial charge in [-0.1, -0.05) is 30.7 Å². The van der Waals surface area contributed by atoms with Gasteiger partial charge in [0.2, 0.25) is 0 Å². The Morgan fingerprint density at radius 3 is 2.31 bits per heavy atom. The van der Waals surface area contributed by atoms with Gasteiger partial charge in [-0.3, -0.25) is 4.68 Å². The number of alkyl halides is 3. The molecule has 0 aliphatic carbocycles. The summed E-state index contributed by atoms with van der Waals surface area (Å²) in [5, 5.41) is 14.0. The fraction of sp³-hybridized carbons (Fsp3) is 0.172. The van der Waals surface area contributed by atoms with E-state index >= 15 is 4.39 Å². The van der Waals surface area contributed by atoms with E-state index in [1.807, 2.05) is 43.3 Å². The quantitative estimate of drug-likeness (QED) is 0.158. The molecule has 218 valence electrons. The lowest BCUT2D eigenvalue weighted by molar-refractivity contribution is -0.192. The first-order chi connectivity index (χ1) is 19.8. The average molecular weight is 601 g/mol. The lowest BCUT2D eigenvalue weighted by atomic mass is 9.91. The van der Waals surface area contributed by atoms with E-state index in [4.69, 9.17) is 38.0 Å². The van der Waals surface area contributed by atoms with Crippen LogP contribution in [0.3, 0.4) is 0 Å². The molecule has 3 aromatic carbocycles. The number of aliphatic carboxylic acids is 1. The van der Waals surface area contributed by atoms with E-state index in [0.717, 1.165) is 28.3 Å². The third-order valence-corrected chi connectivity index (χ3v) is 6.63. The van der Waals surface area contributed by atoms with Crippen molar-refractivity contribution in [3.05, 3.63) is 100 Å². The lowest BCUT2D eigenvalue weighted by Gasteiger charge is -2.19. The maximum atomic E-state index is 15.4. The third-order valence-electron chi connectivity index (χ3n) is 6.38. The Labute approximate surface area is 242 Å². The minimum atomic E-state index is -5.08. The molecule has 42 heavy (non-hydrogen) atoms. The molecule has 0 saturated carbocycles. The van der Waals surface area contributed by atoms with E-state index < -0.39 is 18.1 Å². The van der Waals surface area contributed by atoms with Crippen LogP contribution in [0, 0.1) is 5.82 Å². The van der Waals surface area contributed by atoms with Crippen LogP contribution in [0.4, 0.5) is 29.1 Å². The topological polar surface area (TPSA) is 133 Å². The summed E-state index contributed by atoms with van der Waals surface area (Å²) in [5.41, 5.74) is 15.8. The number of anilines is 2. The maximum absolute atomic E-state index is 15.4. The van der Waals surface area contributed by atoms with Gasteiger partial charge in [0.25, 0.3) is 0 Å². The van der Waals surface area contributed by atoms with Crippen molar-refractivity contribution in [2.45, 2.75) is 25.4 Å². The van der Waals surface area contributed by atoms with Gasteiger partial charge < -0.3 is 16.6 Å². The molecule has 0 fully saturated rings. The largest absolute Gasteiger partial charge is 0.490 e. The molecule has 2 aromatic heterocycles. The average Bonchev–Trinajstić information content (AvgIpc) is 3.30. The second kappa shape index (κ2) is 12.0. The van der Waals surface area contributed by atoms with Gasteiger partial charge in [-0.15, -0.1) is 0 Å². The summed E-state index contributed by atoms with van der Waals surface area (Å²) in [6.07, 6.45) is -4.32. The minimum absolute atomic E-state index is 0.342. The Morgan fingerprint density at radius 2 is 1.69 bits per heavy atom. The number of fused-ring (bicyclic) bond motifs is 1. The molecule has 5 aromatic rings. The van der Waals surface area contributed by atoms with E-state index in [1.54, 1.807) is 36.0 Å². The van der Waals surface area contributed by atoms with Gasteiger partial charge in [0.1, 0.15) is 17.5 Å². The molecule has 8 nitrogen and oxygen atoms in total. The van der Waals surface area contributed by atoms with Crippen LogP contribution in [0.25, 0.3) is 22.2 Å². The zero-order valence-electron chi connectivity index (χ0n) is 22.3. The fourth-order valence-corrected chi connectivity index (χ4v) is 4.43. The normalized spacial score (nSPS) is 12.1. The number of aryl methyl sites for hydroxylation is 2. The molecule has 0 spiro atoms. The highest BCUT2D eigenvalue weighted by atomic mass is 35.5. The molecule has 0 radical (unpaired) electrons. The van der Waals surface area contributed by atoms with Crippen LogP contribution in [0.1, 0.15) is 35.5 Å². The summed E-state index contributed by atoms with van der Waals surface area (Å²) >= 11 is 6.05. The van der Waals surface area contributed by atoms with Gasteiger partial charge >= 0.3 is 12.1 Å². The summed E-state index contributed by atoms with van der Waals surface area (Å²) in [7, 11) is 1.79. The molecular weight excluding hydrogens is 576 g/mol. The number of carboxylic acid groups (broad SMARTS) is 1. The van der Waals surface area contributed by atoms with E-state index in [0.29, 0.717) is 39.4 Å². The number of rotatable bonds is 5. The van der Waals surface area contributed by atoms with Crippen LogP contribution >= 0.6 is 11.6 Å². The summed E-state index contributed by atoms with van der Waals surface area (Å²) in [5.74, 6) is -2.36. The first-order valence-electron chi connectivity index (χ1n) is 12.5. The Morgan fingerprint density at radius 1 is 1.02 bits per heavy atom. The minimum Gasteiger partial charge on any atom is -0.475 e.